The number of aryl methyl sites for hydroxylation is 1. The number of halogens is 3. The van der Waals surface area contributed by atoms with E-state index in [0.29, 0.717) is 22.8 Å². The molecular formula is C19H21F3N6O2. The number of alkyl halides is 3. The number of hydrogen-bond acceptors (Lipinski definition) is 5. The Bertz CT molecular complexity index is 1130. The van der Waals surface area contributed by atoms with E-state index in [-0.39, 0.29) is 18.3 Å². The summed E-state index contributed by atoms with van der Waals surface area (Å²) < 4.78 is 40.6. The van der Waals surface area contributed by atoms with E-state index < -0.39 is 29.2 Å². The summed E-state index contributed by atoms with van der Waals surface area (Å²) in [5.74, 6) is -0.523. The highest BCUT2D eigenvalue weighted by atomic mass is 19.4. The molecule has 3 aromatic heterocycles. The molecule has 30 heavy (non-hydrogen) atoms. The van der Waals surface area contributed by atoms with Gasteiger partial charge in [-0.1, -0.05) is 0 Å². The summed E-state index contributed by atoms with van der Waals surface area (Å²) in [5, 5.41) is 11.6. The average molecular weight is 422 g/mol. The summed E-state index contributed by atoms with van der Waals surface area (Å²) in [6.07, 6.45) is -2.27. The second-order valence-electron chi connectivity index (χ2n) is 7.25. The number of aromatic nitrogens is 5. The maximum atomic E-state index is 12.8. The van der Waals surface area contributed by atoms with E-state index in [0.717, 1.165) is 10.7 Å². The van der Waals surface area contributed by atoms with Crippen LogP contribution in [0, 0.1) is 6.92 Å². The molecule has 0 fully saturated rings. The average Bonchev–Trinajstić information content (AvgIpc) is 3.01. The minimum atomic E-state index is -4.48. The lowest BCUT2D eigenvalue weighted by Gasteiger charge is -2.15. The molecule has 0 radical (unpaired) electrons. The molecule has 1 atom stereocenters. The van der Waals surface area contributed by atoms with Crippen LogP contribution in [0.2, 0.25) is 0 Å². The first-order valence-corrected chi connectivity index (χ1v) is 9.26. The molecule has 0 spiro atoms. The largest absolute Gasteiger partial charge is 0.417 e. The van der Waals surface area contributed by atoms with E-state index in [1.807, 2.05) is 13.8 Å². The third-order valence-electron chi connectivity index (χ3n) is 4.61. The van der Waals surface area contributed by atoms with Crippen LogP contribution in [0.5, 0.6) is 0 Å². The summed E-state index contributed by atoms with van der Waals surface area (Å²) >= 11 is 0. The van der Waals surface area contributed by atoms with Gasteiger partial charge in [0.25, 0.3) is 5.56 Å². The summed E-state index contributed by atoms with van der Waals surface area (Å²) in [7, 11) is 0. The predicted octanol–water partition coefficient (Wildman–Crippen LogP) is 2.77. The monoisotopic (exact) mass is 422 g/mol. The van der Waals surface area contributed by atoms with Crippen molar-refractivity contribution in [3.8, 4) is 0 Å². The van der Waals surface area contributed by atoms with Crippen molar-refractivity contribution in [1.29, 1.82) is 0 Å². The van der Waals surface area contributed by atoms with Gasteiger partial charge < -0.3 is 5.32 Å². The van der Waals surface area contributed by atoms with Gasteiger partial charge in [0.1, 0.15) is 12.1 Å². The van der Waals surface area contributed by atoms with E-state index in [2.05, 4.69) is 20.5 Å². The minimum Gasteiger partial charge on any atom is -0.346 e. The first kappa shape index (κ1) is 21.5. The van der Waals surface area contributed by atoms with Crippen LogP contribution < -0.4 is 10.9 Å². The topological polar surface area (TPSA) is 94.7 Å². The zero-order valence-corrected chi connectivity index (χ0v) is 16.9. The molecule has 1 N–H and O–H groups in total. The molecule has 3 aromatic rings. The highest BCUT2D eigenvalue weighted by Crippen LogP contribution is 2.28. The van der Waals surface area contributed by atoms with E-state index in [4.69, 9.17) is 0 Å². The Balaban J connectivity index is 1.77. The van der Waals surface area contributed by atoms with Crippen LogP contribution in [0.4, 0.5) is 13.2 Å². The van der Waals surface area contributed by atoms with Crippen molar-refractivity contribution in [2.45, 2.75) is 52.5 Å². The lowest BCUT2D eigenvalue weighted by atomic mass is 10.2. The van der Waals surface area contributed by atoms with Crippen molar-refractivity contribution in [2.75, 3.05) is 0 Å². The van der Waals surface area contributed by atoms with Gasteiger partial charge in [-0.05, 0) is 39.8 Å². The second-order valence-corrected chi connectivity index (χ2v) is 7.25. The van der Waals surface area contributed by atoms with Gasteiger partial charge in [-0.25, -0.2) is 4.68 Å². The smallest absolute Gasteiger partial charge is 0.346 e. The first-order valence-electron chi connectivity index (χ1n) is 9.26. The number of pyridine rings is 1. The molecule has 8 nitrogen and oxygen atoms in total. The number of fused-ring (bicyclic) bond motifs is 1. The Morgan fingerprint density at radius 1 is 1.20 bits per heavy atom. The first-order chi connectivity index (χ1) is 14.0. The normalized spacial score (nSPS) is 13.1. The summed E-state index contributed by atoms with van der Waals surface area (Å²) in [6.45, 7) is 6.80. The highest BCUT2D eigenvalue weighted by molar-refractivity contribution is 5.81. The molecule has 0 aliphatic rings. The van der Waals surface area contributed by atoms with E-state index >= 15 is 0 Å². The summed E-state index contributed by atoms with van der Waals surface area (Å²) in [6, 6.07) is 1.40. The molecule has 0 aliphatic carbocycles. The molecule has 0 bridgehead atoms. The van der Waals surface area contributed by atoms with Crippen molar-refractivity contribution < 1.29 is 18.0 Å². The van der Waals surface area contributed by atoms with Crippen molar-refractivity contribution in [2.24, 2.45) is 0 Å². The fourth-order valence-corrected chi connectivity index (χ4v) is 3.04. The van der Waals surface area contributed by atoms with E-state index in [1.165, 1.54) is 12.3 Å². The van der Waals surface area contributed by atoms with Gasteiger partial charge in [0, 0.05) is 17.6 Å². The number of rotatable bonds is 5. The number of hydrogen-bond donors (Lipinski definition) is 1. The standard InChI is InChI=1S/C19H21F3N6O2/c1-10(2)28-17-14(11(3)26-28)8-24-27(18(17)30)9-16(29)25-12(4)15-6-5-13(7-23-15)19(20,21)22/h5-8,10,12H,9H2,1-4H3,(H,25,29)/t12-/m0/s1. The Labute approximate surface area is 169 Å². The Kier molecular flexibility index (Phi) is 5.64. The minimum absolute atomic E-state index is 0.0515. The van der Waals surface area contributed by atoms with E-state index in [9.17, 15) is 22.8 Å². The molecule has 160 valence electrons. The van der Waals surface area contributed by atoms with Gasteiger partial charge in [-0.15, -0.1) is 0 Å². The van der Waals surface area contributed by atoms with Crippen molar-refractivity contribution >= 4 is 16.8 Å². The third kappa shape index (κ3) is 4.19. The molecule has 0 saturated heterocycles. The van der Waals surface area contributed by atoms with Crippen LogP contribution >= 0.6 is 0 Å². The lowest BCUT2D eigenvalue weighted by Crippen LogP contribution is -2.35. The van der Waals surface area contributed by atoms with E-state index in [1.54, 1.807) is 18.5 Å². The molecule has 11 heteroatoms. The highest BCUT2D eigenvalue weighted by Gasteiger charge is 2.31. The van der Waals surface area contributed by atoms with Crippen LogP contribution in [0.1, 0.15) is 49.8 Å². The molecule has 0 aliphatic heterocycles. The molecule has 3 heterocycles. The van der Waals surface area contributed by atoms with Gasteiger partial charge in [0.2, 0.25) is 5.91 Å². The SMILES string of the molecule is Cc1nn(C(C)C)c2c(=O)n(CC(=O)N[C@@H](C)c3ccc(C(F)(F)F)cn3)ncc12. The Morgan fingerprint density at radius 3 is 2.47 bits per heavy atom. The molecule has 0 unspecified atom stereocenters. The van der Waals surface area contributed by atoms with Crippen LogP contribution in [0.3, 0.4) is 0 Å². The van der Waals surface area contributed by atoms with Gasteiger partial charge >= 0.3 is 6.18 Å². The summed E-state index contributed by atoms with van der Waals surface area (Å²) in [5.41, 5.74) is -0.0200. The maximum absolute atomic E-state index is 12.8. The van der Waals surface area contributed by atoms with Crippen LogP contribution in [0.25, 0.3) is 10.9 Å². The van der Waals surface area contributed by atoms with Crippen LogP contribution in [0.15, 0.2) is 29.3 Å². The van der Waals surface area contributed by atoms with Crippen LogP contribution in [-0.4, -0.2) is 30.5 Å². The van der Waals surface area contributed by atoms with Gasteiger partial charge in [0.15, 0.2) is 0 Å². The predicted molar refractivity (Wildman–Crippen MR) is 103 cm³/mol. The fraction of sp³-hybridized carbons (Fsp3) is 0.421. The number of carbonyl (C=O) groups excluding carboxylic acids is 1. The number of nitrogens with one attached hydrogen (secondary N) is 1. The lowest BCUT2D eigenvalue weighted by molar-refractivity contribution is -0.137. The zero-order valence-electron chi connectivity index (χ0n) is 16.9. The van der Waals surface area contributed by atoms with Crippen molar-refractivity contribution in [3.05, 3.63) is 51.8 Å². The van der Waals surface area contributed by atoms with Crippen molar-refractivity contribution in [3.63, 3.8) is 0 Å². The Hall–Kier alpha value is -3.24. The maximum Gasteiger partial charge on any atom is 0.417 e. The quantitative estimate of drug-likeness (QED) is 0.682. The van der Waals surface area contributed by atoms with Gasteiger partial charge in [-0.2, -0.15) is 23.4 Å². The van der Waals surface area contributed by atoms with Gasteiger partial charge in [0.05, 0.1) is 29.2 Å². The molecule has 0 saturated carbocycles. The number of nitrogens with zero attached hydrogens (tertiary/aromatic N) is 5. The number of amides is 1. The second kappa shape index (κ2) is 7.88. The third-order valence-corrected chi connectivity index (χ3v) is 4.61. The molecule has 1 amide bonds. The van der Waals surface area contributed by atoms with Crippen LogP contribution in [-0.2, 0) is 17.5 Å². The molecule has 3 rings (SSSR count). The number of carbonyl (C=O) groups is 1. The fourth-order valence-electron chi connectivity index (χ4n) is 3.04. The van der Waals surface area contributed by atoms with Gasteiger partial charge in [-0.3, -0.25) is 19.3 Å². The molecule has 0 aromatic carbocycles. The summed E-state index contributed by atoms with van der Waals surface area (Å²) in [4.78, 5) is 29.0. The zero-order chi connectivity index (χ0) is 22.2. The molecular weight excluding hydrogens is 401 g/mol. The van der Waals surface area contributed by atoms with Crippen molar-refractivity contribution in [1.82, 2.24) is 29.9 Å². The Morgan fingerprint density at radius 2 is 1.90 bits per heavy atom.